The summed E-state index contributed by atoms with van der Waals surface area (Å²) in [6.07, 6.45) is 1.57. The molecule has 2 rings (SSSR count). The molecule has 0 aliphatic carbocycles. The van der Waals surface area contributed by atoms with E-state index in [9.17, 15) is 20.0 Å². The zero-order chi connectivity index (χ0) is 24.9. The van der Waals surface area contributed by atoms with Crippen molar-refractivity contribution in [3.8, 4) is 6.07 Å². The van der Waals surface area contributed by atoms with Gasteiger partial charge in [0.05, 0.1) is 27.1 Å². The average Bonchev–Trinajstić information content (AvgIpc) is 2.79. The third-order valence-electron chi connectivity index (χ3n) is 4.68. The summed E-state index contributed by atoms with van der Waals surface area (Å²) in [4.78, 5) is 24.3. The minimum atomic E-state index is -1.13. The number of hydrogen-bond donors (Lipinski definition) is 0. The Balaban J connectivity index is 0.000000502. The summed E-state index contributed by atoms with van der Waals surface area (Å²) >= 11 is 0. The largest absolute Gasteiger partial charge is 0.545 e. The molecule has 7 heteroatoms. The highest BCUT2D eigenvalue weighted by atomic mass is 16.5. The van der Waals surface area contributed by atoms with Crippen molar-refractivity contribution in [2.45, 2.75) is 13.8 Å². The molecule has 7 nitrogen and oxygen atoms in total. The summed E-state index contributed by atoms with van der Waals surface area (Å²) in [5.74, 6) is -1.70. The Morgan fingerprint density at radius 1 is 1.03 bits per heavy atom. The Labute approximate surface area is 196 Å². The third-order valence-corrected chi connectivity index (χ3v) is 4.68. The average molecular weight is 452 g/mol. The molecule has 176 valence electrons. The van der Waals surface area contributed by atoms with Crippen molar-refractivity contribution in [3.63, 3.8) is 0 Å². The van der Waals surface area contributed by atoms with Gasteiger partial charge in [-0.2, -0.15) is 5.26 Å². The van der Waals surface area contributed by atoms with Crippen LogP contribution >= 0.6 is 0 Å². The smallest absolute Gasteiger partial charge is 0.349 e. The number of carbonyl (C=O) groups excluding carboxylic acids is 2. The Bertz CT molecular complexity index is 952. The summed E-state index contributed by atoms with van der Waals surface area (Å²) < 4.78 is 5.89. The summed E-state index contributed by atoms with van der Waals surface area (Å²) in [6.45, 7) is 7.08. The van der Waals surface area contributed by atoms with Crippen molar-refractivity contribution < 1.29 is 23.9 Å². The SMILES string of the molecule is CCN(CC)c1ccc(/C=C(\C#N)C(=O)OCC[N+](C)(C)C)cc1.O=C([O-])c1ccccc1. The molecule has 0 unspecified atom stereocenters. The van der Waals surface area contributed by atoms with Gasteiger partial charge >= 0.3 is 5.97 Å². The lowest BCUT2D eigenvalue weighted by molar-refractivity contribution is -0.870. The molecule has 0 N–H and O–H groups in total. The van der Waals surface area contributed by atoms with Gasteiger partial charge in [-0.1, -0.05) is 42.5 Å². The Morgan fingerprint density at radius 3 is 2.03 bits per heavy atom. The van der Waals surface area contributed by atoms with Crippen molar-refractivity contribution in [2.75, 3.05) is 52.3 Å². The van der Waals surface area contributed by atoms with E-state index in [-0.39, 0.29) is 11.1 Å². The van der Waals surface area contributed by atoms with Crippen LogP contribution in [0.5, 0.6) is 0 Å². The number of rotatable bonds is 9. The fraction of sp³-hybridized carbons (Fsp3) is 0.346. The minimum absolute atomic E-state index is 0.0204. The molecule has 2 aromatic carbocycles. The molecule has 0 aliphatic heterocycles. The molecule has 0 saturated carbocycles. The summed E-state index contributed by atoms with van der Waals surface area (Å²) in [5.41, 5.74) is 2.18. The Hall–Kier alpha value is -3.63. The maximum absolute atomic E-state index is 12.0. The van der Waals surface area contributed by atoms with Gasteiger partial charge in [0.2, 0.25) is 0 Å². The van der Waals surface area contributed by atoms with Crippen LogP contribution in [0.25, 0.3) is 6.08 Å². The molecule has 0 aromatic heterocycles. The number of nitriles is 1. The summed E-state index contributed by atoms with van der Waals surface area (Å²) in [7, 11) is 6.06. The number of nitrogens with zero attached hydrogens (tertiary/aromatic N) is 3. The predicted molar refractivity (Wildman–Crippen MR) is 128 cm³/mol. The number of carboxylic acids is 1. The second-order valence-electron chi connectivity index (χ2n) is 8.24. The van der Waals surface area contributed by atoms with E-state index in [4.69, 9.17) is 4.74 Å². The van der Waals surface area contributed by atoms with Crippen LogP contribution in [0.15, 0.2) is 60.2 Å². The van der Waals surface area contributed by atoms with Crippen molar-refractivity contribution in [2.24, 2.45) is 0 Å². The van der Waals surface area contributed by atoms with Gasteiger partial charge in [0.15, 0.2) is 0 Å². The first-order chi connectivity index (χ1) is 15.6. The van der Waals surface area contributed by atoms with E-state index in [1.165, 1.54) is 12.1 Å². The number of hydrogen-bond acceptors (Lipinski definition) is 6. The summed E-state index contributed by atoms with van der Waals surface area (Å²) in [5, 5.41) is 19.3. The van der Waals surface area contributed by atoms with Crippen LogP contribution in [0.3, 0.4) is 0 Å². The van der Waals surface area contributed by atoms with Crippen molar-refractivity contribution in [1.29, 1.82) is 5.26 Å². The molecular formula is C26H33N3O4. The monoisotopic (exact) mass is 451 g/mol. The Morgan fingerprint density at radius 2 is 1.61 bits per heavy atom. The van der Waals surface area contributed by atoms with Gasteiger partial charge in [-0.15, -0.1) is 0 Å². The number of benzene rings is 2. The van der Waals surface area contributed by atoms with Crippen molar-refractivity contribution in [3.05, 3.63) is 71.3 Å². The van der Waals surface area contributed by atoms with Gasteiger partial charge in [-0.3, -0.25) is 0 Å². The maximum atomic E-state index is 12.0. The van der Waals surface area contributed by atoms with E-state index in [2.05, 4.69) is 18.7 Å². The van der Waals surface area contributed by atoms with Crippen molar-refractivity contribution >= 4 is 23.7 Å². The molecule has 0 heterocycles. The fourth-order valence-corrected chi connectivity index (χ4v) is 2.74. The van der Waals surface area contributed by atoms with Crippen LogP contribution in [0.2, 0.25) is 0 Å². The van der Waals surface area contributed by atoms with Crippen LogP contribution in [-0.4, -0.2) is 63.8 Å². The molecule has 33 heavy (non-hydrogen) atoms. The van der Waals surface area contributed by atoms with Crippen LogP contribution in [0.4, 0.5) is 5.69 Å². The highest BCUT2D eigenvalue weighted by Gasteiger charge is 2.13. The standard InChI is InChI=1S/C19H28N3O2.C7H6O2/c1-6-21(7-2)18-10-8-16(9-11-18)14-17(15-20)19(23)24-13-12-22(3,4)5;8-7(9)6-4-2-1-3-5-6/h8-11,14H,6-7,12-13H2,1-5H3;1-5H,(H,8,9)/q+1;/p-1/b17-14+;. The second-order valence-corrected chi connectivity index (χ2v) is 8.24. The van der Waals surface area contributed by atoms with Gasteiger partial charge in [0, 0.05) is 18.8 Å². The van der Waals surface area contributed by atoms with Crippen LogP contribution in [0, 0.1) is 11.3 Å². The van der Waals surface area contributed by atoms with Gasteiger partial charge in [-0.05, 0) is 43.2 Å². The minimum Gasteiger partial charge on any atom is -0.545 e. The van der Waals surface area contributed by atoms with E-state index in [0.29, 0.717) is 17.6 Å². The molecule has 0 bridgehead atoms. The molecule has 0 amide bonds. The first-order valence-corrected chi connectivity index (χ1v) is 10.8. The zero-order valence-corrected chi connectivity index (χ0v) is 20.1. The number of aromatic carboxylic acids is 1. The predicted octanol–water partition coefficient (Wildman–Crippen LogP) is 2.74. The highest BCUT2D eigenvalue weighted by molar-refractivity contribution is 5.97. The van der Waals surface area contributed by atoms with E-state index in [1.807, 2.05) is 51.5 Å². The van der Waals surface area contributed by atoms with Crippen LogP contribution < -0.4 is 10.0 Å². The van der Waals surface area contributed by atoms with Crippen molar-refractivity contribution in [1.82, 2.24) is 0 Å². The van der Waals surface area contributed by atoms with E-state index < -0.39 is 11.9 Å². The number of likely N-dealkylation sites (N-methyl/N-ethyl adjacent to an activating group) is 1. The topological polar surface area (TPSA) is 93.5 Å². The molecule has 2 aromatic rings. The zero-order valence-electron chi connectivity index (χ0n) is 20.1. The van der Waals surface area contributed by atoms with Gasteiger partial charge in [0.1, 0.15) is 24.8 Å². The number of carbonyl (C=O) groups is 2. The Kier molecular flexibility index (Phi) is 11.4. The molecule has 0 atom stereocenters. The molecule has 0 saturated heterocycles. The van der Waals surface area contributed by atoms with E-state index >= 15 is 0 Å². The maximum Gasteiger partial charge on any atom is 0.349 e. The lowest BCUT2D eigenvalue weighted by atomic mass is 10.1. The van der Waals surface area contributed by atoms with Crippen LogP contribution in [-0.2, 0) is 9.53 Å². The van der Waals surface area contributed by atoms with E-state index in [1.54, 1.807) is 24.3 Å². The quantitative estimate of drug-likeness (QED) is 0.252. The first-order valence-electron chi connectivity index (χ1n) is 10.8. The number of ether oxygens (including phenoxy) is 1. The molecular weight excluding hydrogens is 418 g/mol. The van der Waals surface area contributed by atoms with Crippen LogP contribution in [0.1, 0.15) is 29.8 Å². The molecule has 0 radical (unpaired) electrons. The normalized spacial score (nSPS) is 11.0. The van der Waals surface area contributed by atoms with Gasteiger partial charge < -0.3 is 24.0 Å². The molecule has 0 aliphatic rings. The number of quaternary nitrogens is 1. The first kappa shape index (κ1) is 27.4. The lowest BCUT2D eigenvalue weighted by Gasteiger charge is -2.23. The van der Waals surface area contributed by atoms with Gasteiger partial charge in [-0.25, -0.2) is 4.79 Å². The van der Waals surface area contributed by atoms with E-state index in [0.717, 1.165) is 24.3 Å². The third kappa shape index (κ3) is 10.5. The number of carboxylic acid groups (broad SMARTS) is 1. The molecule has 0 fully saturated rings. The van der Waals surface area contributed by atoms with Gasteiger partial charge in [0.25, 0.3) is 0 Å². The lowest BCUT2D eigenvalue weighted by Crippen LogP contribution is -2.38. The second kappa shape index (κ2) is 13.7. The number of esters is 1. The summed E-state index contributed by atoms with van der Waals surface area (Å²) in [6, 6.07) is 17.8. The molecule has 0 spiro atoms. The fourth-order valence-electron chi connectivity index (χ4n) is 2.74. The highest BCUT2D eigenvalue weighted by Crippen LogP contribution is 2.17. The number of anilines is 1.